The number of anilines is 1. The van der Waals surface area contributed by atoms with Crippen LogP contribution in [0.1, 0.15) is 15.9 Å². The van der Waals surface area contributed by atoms with Crippen LogP contribution in [0.4, 0.5) is 14.5 Å². The Bertz CT molecular complexity index is 606. The van der Waals surface area contributed by atoms with E-state index in [1.54, 1.807) is 0 Å². The van der Waals surface area contributed by atoms with Crippen LogP contribution in [0.25, 0.3) is 0 Å². The van der Waals surface area contributed by atoms with Gasteiger partial charge in [-0.2, -0.15) is 0 Å². The fourth-order valence-corrected chi connectivity index (χ4v) is 2.01. The zero-order chi connectivity index (χ0) is 15.2. The number of amides is 1. The van der Waals surface area contributed by atoms with Crippen molar-refractivity contribution in [1.82, 2.24) is 5.32 Å². The molecule has 0 saturated carbocycles. The molecule has 2 rings (SSSR count). The number of carbonyl (C=O) groups excluding carboxylic acids is 1. The van der Waals surface area contributed by atoms with Gasteiger partial charge in [0, 0.05) is 19.2 Å². The Balaban J connectivity index is 1.98. The second-order valence-electron chi connectivity index (χ2n) is 4.56. The van der Waals surface area contributed by atoms with E-state index in [1.165, 1.54) is 7.05 Å². The predicted octanol–water partition coefficient (Wildman–Crippen LogP) is 2.98. The van der Waals surface area contributed by atoms with E-state index in [0.29, 0.717) is 13.0 Å². The summed E-state index contributed by atoms with van der Waals surface area (Å²) in [7, 11) is 1.42. The Morgan fingerprint density at radius 3 is 2.29 bits per heavy atom. The van der Waals surface area contributed by atoms with Gasteiger partial charge < -0.3 is 10.6 Å². The lowest BCUT2D eigenvalue weighted by atomic mass is 10.1. The Kier molecular flexibility index (Phi) is 4.87. The Labute approximate surface area is 122 Å². The monoisotopic (exact) mass is 290 g/mol. The first kappa shape index (κ1) is 15.0. The zero-order valence-corrected chi connectivity index (χ0v) is 11.6. The molecule has 0 radical (unpaired) electrons. The fourth-order valence-electron chi connectivity index (χ4n) is 2.01. The molecule has 2 aromatic carbocycles. The maximum atomic E-state index is 13.6. The molecule has 110 valence electrons. The largest absolute Gasteiger partial charge is 0.383 e. The van der Waals surface area contributed by atoms with E-state index < -0.39 is 17.5 Å². The number of carbonyl (C=O) groups is 1. The molecule has 2 N–H and O–H groups in total. The first-order valence-corrected chi connectivity index (χ1v) is 6.60. The van der Waals surface area contributed by atoms with Crippen LogP contribution in [0.3, 0.4) is 0 Å². The Hall–Kier alpha value is -2.43. The van der Waals surface area contributed by atoms with Gasteiger partial charge >= 0.3 is 0 Å². The summed E-state index contributed by atoms with van der Waals surface area (Å²) in [6.07, 6.45) is 0.659. The van der Waals surface area contributed by atoms with E-state index in [-0.39, 0.29) is 11.3 Å². The summed E-state index contributed by atoms with van der Waals surface area (Å²) in [5.74, 6) is -2.07. The minimum Gasteiger partial charge on any atom is -0.383 e. The maximum Gasteiger partial charge on any atom is 0.251 e. The second-order valence-corrected chi connectivity index (χ2v) is 4.56. The second kappa shape index (κ2) is 6.83. The zero-order valence-electron chi connectivity index (χ0n) is 11.6. The van der Waals surface area contributed by atoms with Crippen LogP contribution in [0.15, 0.2) is 42.5 Å². The quantitative estimate of drug-likeness (QED) is 0.889. The maximum absolute atomic E-state index is 13.6. The number of benzene rings is 2. The summed E-state index contributed by atoms with van der Waals surface area (Å²) in [6.45, 7) is 0.403. The van der Waals surface area contributed by atoms with Crippen molar-refractivity contribution in [2.45, 2.75) is 6.42 Å². The summed E-state index contributed by atoms with van der Waals surface area (Å²) in [4.78, 5) is 11.9. The van der Waals surface area contributed by atoms with E-state index in [2.05, 4.69) is 10.6 Å². The van der Waals surface area contributed by atoms with Crippen LogP contribution in [0.2, 0.25) is 0 Å². The van der Waals surface area contributed by atoms with E-state index in [9.17, 15) is 13.6 Å². The summed E-state index contributed by atoms with van der Waals surface area (Å²) in [5.41, 5.74) is 0.814. The van der Waals surface area contributed by atoms with Crippen LogP contribution >= 0.6 is 0 Å². The average molecular weight is 290 g/mol. The lowest BCUT2D eigenvalue weighted by Crippen LogP contribution is -2.26. The van der Waals surface area contributed by atoms with Crippen molar-refractivity contribution in [3.8, 4) is 0 Å². The molecule has 0 saturated heterocycles. The van der Waals surface area contributed by atoms with Gasteiger partial charge in [0.25, 0.3) is 5.91 Å². The normalized spacial score (nSPS) is 10.2. The van der Waals surface area contributed by atoms with Gasteiger partial charge in [-0.05, 0) is 24.1 Å². The van der Waals surface area contributed by atoms with Crippen LogP contribution in [0, 0.1) is 11.6 Å². The highest BCUT2D eigenvalue weighted by Gasteiger charge is 2.13. The van der Waals surface area contributed by atoms with Gasteiger partial charge in [0.05, 0.1) is 0 Å². The van der Waals surface area contributed by atoms with Crippen molar-refractivity contribution in [3.63, 3.8) is 0 Å². The van der Waals surface area contributed by atoms with Gasteiger partial charge in [-0.3, -0.25) is 4.79 Å². The van der Waals surface area contributed by atoms with E-state index in [1.807, 2.05) is 30.3 Å². The Morgan fingerprint density at radius 1 is 1.10 bits per heavy atom. The molecule has 0 aliphatic heterocycles. The van der Waals surface area contributed by atoms with Crippen molar-refractivity contribution in [3.05, 3.63) is 65.2 Å². The molecular formula is C16H16F2N2O. The molecule has 5 heteroatoms. The van der Waals surface area contributed by atoms with Crippen LogP contribution in [-0.4, -0.2) is 19.5 Å². The summed E-state index contributed by atoms with van der Waals surface area (Å²) in [5, 5.41) is 5.06. The van der Waals surface area contributed by atoms with Gasteiger partial charge in [-0.25, -0.2) is 8.78 Å². The smallest absolute Gasteiger partial charge is 0.251 e. The minimum atomic E-state index is -0.786. The fraction of sp³-hybridized carbons (Fsp3) is 0.188. The summed E-state index contributed by atoms with van der Waals surface area (Å²) < 4.78 is 27.2. The summed E-state index contributed by atoms with van der Waals surface area (Å²) >= 11 is 0. The number of halogens is 2. The molecule has 0 spiro atoms. The van der Waals surface area contributed by atoms with Crippen molar-refractivity contribution in [2.75, 3.05) is 18.9 Å². The van der Waals surface area contributed by atoms with Crippen molar-refractivity contribution in [1.29, 1.82) is 0 Å². The van der Waals surface area contributed by atoms with Gasteiger partial charge in [-0.15, -0.1) is 0 Å². The lowest BCUT2D eigenvalue weighted by molar-refractivity contribution is 0.0953. The average Bonchev–Trinajstić information content (AvgIpc) is 2.48. The standard InChI is InChI=1S/C16H16F2N2O/c1-19-15-13(17)9-12(10-14(15)18)16(21)20-8-7-11-5-3-2-4-6-11/h2-6,9-10,19H,7-8H2,1H3,(H,20,21). The molecule has 0 aromatic heterocycles. The molecule has 0 unspecified atom stereocenters. The molecule has 21 heavy (non-hydrogen) atoms. The molecular weight excluding hydrogens is 274 g/mol. The number of rotatable bonds is 5. The molecule has 0 heterocycles. The van der Waals surface area contributed by atoms with E-state index >= 15 is 0 Å². The highest BCUT2D eigenvalue weighted by atomic mass is 19.1. The van der Waals surface area contributed by atoms with Crippen LogP contribution < -0.4 is 10.6 Å². The first-order valence-electron chi connectivity index (χ1n) is 6.60. The number of hydrogen-bond donors (Lipinski definition) is 2. The van der Waals surface area contributed by atoms with Gasteiger partial charge in [0.15, 0.2) is 0 Å². The molecule has 0 fully saturated rings. The van der Waals surface area contributed by atoms with Crippen LogP contribution in [0.5, 0.6) is 0 Å². The van der Waals surface area contributed by atoms with Crippen molar-refractivity contribution < 1.29 is 13.6 Å². The molecule has 0 atom stereocenters. The number of hydrogen-bond acceptors (Lipinski definition) is 2. The first-order chi connectivity index (χ1) is 10.1. The molecule has 0 aliphatic rings. The molecule has 0 aliphatic carbocycles. The van der Waals surface area contributed by atoms with Gasteiger partial charge in [-0.1, -0.05) is 30.3 Å². The highest BCUT2D eigenvalue weighted by Crippen LogP contribution is 2.20. The minimum absolute atomic E-state index is 0.0305. The third-order valence-corrected chi connectivity index (χ3v) is 3.10. The Morgan fingerprint density at radius 2 is 1.71 bits per heavy atom. The van der Waals surface area contributed by atoms with Crippen LogP contribution in [-0.2, 0) is 6.42 Å². The van der Waals surface area contributed by atoms with Crippen molar-refractivity contribution >= 4 is 11.6 Å². The highest BCUT2D eigenvalue weighted by molar-refractivity contribution is 5.94. The third-order valence-electron chi connectivity index (χ3n) is 3.10. The summed E-state index contributed by atoms with van der Waals surface area (Å²) in [6, 6.07) is 11.7. The van der Waals surface area contributed by atoms with Gasteiger partial charge in [0.1, 0.15) is 17.3 Å². The van der Waals surface area contributed by atoms with E-state index in [0.717, 1.165) is 17.7 Å². The SMILES string of the molecule is CNc1c(F)cc(C(=O)NCCc2ccccc2)cc1F. The lowest BCUT2D eigenvalue weighted by Gasteiger charge is -2.08. The molecule has 2 aromatic rings. The predicted molar refractivity (Wildman–Crippen MR) is 78.4 cm³/mol. The number of nitrogens with one attached hydrogen (secondary N) is 2. The van der Waals surface area contributed by atoms with E-state index in [4.69, 9.17) is 0 Å². The molecule has 0 bridgehead atoms. The van der Waals surface area contributed by atoms with Gasteiger partial charge in [0.2, 0.25) is 0 Å². The third kappa shape index (κ3) is 3.78. The topological polar surface area (TPSA) is 41.1 Å². The van der Waals surface area contributed by atoms with Crippen molar-refractivity contribution in [2.24, 2.45) is 0 Å². The molecule has 3 nitrogen and oxygen atoms in total. The molecule has 1 amide bonds.